The number of carbonyl (C=O) groups is 5. The summed E-state index contributed by atoms with van der Waals surface area (Å²) in [5.74, 6) is -3.47. The van der Waals surface area contributed by atoms with Crippen LogP contribution in [0.15, 0.2) is 47.6 Å². The molecule has 4 fully saturated rings. The van der Waals surface area contributed by atoms with Crippen molar-refractivity contribution >= 4 is 28.9 Å². The minimum Gasteiger partial charge on any atom is -0.507 e. The van der Waals surface area contributed by atoms with E-state index in [0.717, 1.165) is 6.08 Å². The lowest BCUT2D eigenvalue weighted by Gasteiger charge is -2.53. The van der Waals surface area contributed by atoms with E-state index in [9.17, 15) is 44.4 Å². The lowest BCUT2D eigenvalue weighted by Crippen LogP contribution is -2.69. The number of rotatable bonds is 7. The molecule has 3 aliphatic carbocycles. The molecular weight excluding hydrogens is 772 g/mol. The molecule has 4 aliphatic heterocycles. The molecule has 8 rings (SSSR count). The molecule has 0 radical (unpaired) electrons. The van der Waals surface area contributed by atoms with Gasteiger partial charge in [0.2, 0.25) is 0 Å². The zero-order chi connectivity index (χ0) is 42.3. The van der Waals surface area contributed by atoms with E-state index >= 15 is 0 Å². The molecule has 14 atom stereocenters. The van der Waals surface area contributed by atoms with Crippen LogP contribution in [0.5, 0.6) is 5.75 Å². The molecule has 4 heterocycles. The van der Waals surface area contributed by atoms with Gasteiger partial charge in [-0.2, -0.15) is 0 Å². The smallest absolute Gasteiger partial charge is 0.198 e. The van der Waals surface area contributed by atoms with Crippen LogP contribution >= 0.6 is 0 Å². The molecule has 318 valence electrons. The Hall–Kier alpha value is -3.81. The number of aromatic hydroxyl groups is 1. The van der Waals surface area contributed by atoms with Crippen LogP contribution in [0.4, 0.5) is 0 Å². The van der Waals surface area contributed by atoms with Crippen molar-refractivity contribution in [1.29, 1.82) is 0 Å². The Balaban J connectivity index is 0.965. The van der Waals surface area contributed by atoms with E-state index in [2.05, 4.69) is 0 Å². The molecule has 16 heteroatoms. The summed E-state index contributed by atoms with van der Waals surface area (Å²) in [6.45, 7) is 8.36. The van der Waals surface area contributed by atoms with Gasteiger partial charge in [-0.15, -0.1) is 0 Å². The summed E-state index contributed by atoms with van der Waals surface area (Å²) in [6.07, 6.45) is -2.00. The summed E-state index contributed by atoms with van der Waals surface area (Å²) in [5.41, 5.74) is -8.02. The zero-order valence-corrected chi connectivity index (χ0v) is 33.5. The molecule has 7 aliphatic rings. The van der Waals surface area contributed by atoms with Gasteiger partial charge in [0, 0.05) is 55.2 Å². The Morgan fingerprint density at radius 2 is 1.59 bits per heavy atom. The van der Waals surface area contributed by atoms with E-state index in [0.29, 0.717) is 25.7 Å². The first-order valence-corrected chi connectivity index (χ1v) is 20.2. The molecule has 1 aromatic carbocycles. The molecule has 1 aromatic rings. The predicted octanol–water partition coefficient (Wildman–Crippen LogP) is 2.71. The topological polar surface area (TPSA) is 231 Å². The summed E-state index contributed by atoms with van der Waals surface area (Å²) >= 11 is 0. The van der Waals surface area contributed by atoms with Crippen molar-refractivity contribution in [3.8, 4) is 5.75 Å². The predicted molar refractivity (Wildman–Crippen MR) is 201 cm³/mol. The lowest BCUT2D eigenvalue weighted by molar-refractivity contribution is -0.296. The van der Waals surface area contributed by atoms with Gasteiger partial charge < -0.3 is 53.6 Å². The summed E-state index contributed by atoms with van der Waals surface area (Å²) in [6, 6.07) is 2.67. The quantitative estimate of drug-likeness (QED) is 0.310. The zero-order valence-electron chi connectivity index (χ0n) is 33.5. The van der Waals surface area contributed by atoms with E-state index in [1.54, 1.807) is 27.7 Å². The lowest BCUT2D eigenvalue weighted by atomic mass is 9.57. The minimum absolute atomic E-state index is 0.0255. The van der Waals surface area contributed by atoms with Crippen molar-refractivity contribution in [2.24, 2.45) is 0 Å². The van der Waals surface area contributed by atoms with Crippen molar-refractivity contribution in [1.82, 2.24) is 0 Å². The van der Waals surface area contributed by atoms with Gasteiger partial charge in [0.1, 0.15) is 29.7 Å². The molecule has 0 spiro atoms. The van der Waals surface area contributed by atoms with Gasteiger partial charge in [0.25, 0.3) is 0 Å². The maximum absolute atomic E-state index is 14.3. The molecular formula is C43H50O16. The van der Waals surface area contributed by atoms with Crippen LogP contribution in [0.2, 0.25) is 0 Å². The van der Waals surface area contributed by atoms with Gasteiger partial charge in [-0.1, -0.05) is 12.1 Å². The SMILES string of the molecule is CC1OC(OC2C(O)CC(c3ccc4c(c3O)C(=O)C3=C(C4=O)[C@@]4(O)C(=O)C[C@](C)(OC5CCC(OC6CCC(=O)C(C)O6)C(C)O5)C[C@@]4(O)C=C3)OC2C)C=CC1=O. The summed E-state index contributed by atoms with van der Waals surface area (Å²) in [5, 5.41) is 47.0. The molecule has 59 heavy (non-hydrogen) atoms. The van der Waals surface area contributed by atoms with Crippen LogP contribution in [0.3, 0.4) is 0 Å². The Morgan fingerprint density at radius 3 is 2.29 bits per heavy atom. The molecule has 0 bridgehead atoms. The highest BCUT2D eigenvalue weighted by Crippen LogP contribution is 2.53. The van der Waals surface area contributed by atoms with Gasteiger partial charge in [0.15, 0.2) is 53.4 Å². The second-order valence-corrected chi connectivity index (χ2v) is 17.1. The fourth-order valence-corrected chi connectivity index (χ4v) is 9.58. The number of hydrogen-bond donors (Lipinski definition) is 4. The number of fused-ring (bicyclic) bond motifs is 3. The highest BCUT2D eigenvalue weighted by molar-refractivity contribution is 6.32. The second kappa shape index (κ2) is 15.3. The fraction of sp³-hybridized carbons (Fsp3) is 0.605. The molecule has 16 nitrogen and oxygen atoms in total. The normalized spacial score (nSPS) is 42.4. The summed E-state index contributed by atoms with van der Waals surface area (Å²) < 4.78 is 41.9. The van der Waals surface area contributed by atoms with Crippen molar-refractivity contribution in [2.45, 2.75) is 164 Å². The van der Waals surface area contributed by atoms with E-state index in [1.807, 2.05) is 6.92 Å². The van der Waals surface area contributed by atoms with Gasteiger partial charge >= 0.3 is 0 Å². The molecule has 0 aromatic heterocycles. The van der Waals surface area contributed by atoms with E-state index < -0.39 is 113 Å². The Labute approximate surface area is 340 Å². The van der Waals surface area contributed by atoms with Gasteiger partial charge in [-0.25, -0.2) is 0 Å². The van der Waals surface area contributed by atoms with Gasteiger partial charge in [-0.3, -0.25) is 24.0 Å². The number of aliphatic hydroxyl groups is 3. The number of phenols is 1. The molecule has 3 saturated heterocycles. The number of hydrogen-bond acceptors (Lipinski definition) is 16. The average Bonchev–Trinajstić information content (AvgIpc) is 3.16. The monoisotopic (exact) mass is 822 g/mol. The molecule has 4 N–H and O–H groups in total. The highest BCUT2D eigenvalue weighted by atomic mass is 16.7. The third kappa shape index (κ3) is 7.20. The second-order valence-electron chi connectivity index (χ2n) is 17.1. The maximum Gasteiger partial charge on any atom is 0.198 e. The third-order valence-electron chi connectivity index (χ3n) is 12.7. The highest BCUT2D eigenvalue weighted by Gasteiger charge is 2.67. The number of ketones is 5. The molecule has 11 unspecified atom stereocenters. The number of phenolic OH excluding ortho intramolecular Hbond substituents is 1. The number of Topliss-reactive ketones (excluding diaryl/α,β-unsaturated/α-hetero) is 4. The largest absolute Gasteiger partial charge is 0.507 e. The van der Waals surface area contributed by atoms with Crippen molar-refractivity contribution in [3.63, 3.8) is 0 Å². The Morgan fingerprint density at radius 1 is 0.831 bits per heavy atom. The van der Waals surface area contributed by atoms with Gasteiger partial charge in [-0.05, 0) is 65.3 Å². The fourth-order valence-electron chi connectivity index (χ4n) is 9.58. The van der Waals surface area contributed by atoms with Crippen molar-refractivity contribution in [2.75, 3.05) is 0 Å². The Bertz CT molecular complexity index is 2040. The average molecular weight is 823 g/mol. The molecule has 1 saturated carbocycles. The van der Waals surface area contributed by atoms with Crippen LogP contribution in [0.1, 0.15) is 112 Å². The number of carbonyl (C=O) groups excluding carboxylic acids is 5. The van der Waals surface area contributed by atoms with E-state index in [1.165, 1.54) is 30.4 Å². The first-order valence-electron chi connectivity index (χ1n) is 20.2. The van der Waals surface area contributed by atoms with Crippen molar-refractivity contribution in [3.05, 3.63) is 64.3 Å². The Kier molecular flexibility index (Phi) is 10.8. The summed E-state index contributed by atoms with van der Waals surface area (Å²) in [7, 11) is 0. The maximum atomic E-state index is 14.3. The van der Waals surface area contributed by atoms with Crippen LogP contribution < -0.4 is 0 Å². The first kappa shape index (κ1) is 41.9. The number of benzene rings is 1. The van der Waals surface area contributed by atoms with E-state index in [-0.39, 0.29) is 52.8 Å². The van der Waals surface area contributed by atoms with E-state index in [4.69, 9.17) is 33.2 Å². The minimum atomic E-state index is -2.82. The van der Waals surface area contributed by atoms with Crippen LogP contribution in [0.25, 0.3) is 0 Å². The molecule has 0 amide bonds. The number of aliphatic hydroxyl groups excluding tert-OH is 1. The van der Waals surface area contributed by atoms with Crippen LogP contribution in [0, 0.1) is 0 Å². The van der Waals surface area contributed by atoms with Gasteiger partial charge in [0.05, 0.1) is 47.3 Å². The third-order valence-corrected chi connectivity index (χ3v) is 12.7. The standard InChI is InChI=1S/C43H50O16/c1-19-26(44)8-11-32(54-19)57-29-10-13-34(56-21(29)3)59-41(5)17-31(47)43(52)36-25(14-15-42(43,51)18-41)38(49)35-24(39(36)50)7-6-23(37(35)48)30-16-28(46)40(22(4)53-30)58-33-12-9-27(45)20(2)55-33/h6-7,9,12,14-15,19-22,28-30,32-34,40,46,48,51-52H,8,10-11,13,16-18H2,1-5H3/t19?,20?,21?,22?,28?,29?,30?,32?,33?,34?,40?,41-,42-,43-/m0/s1. The summed E-state index contributed by atoms with van der Waals surface area (Å²) in [4.78, 5) is 66.3. The number of ether oxygens (including phenoxy) is 7. The number of allylic oxidation sites excluding steroid dienone is 2. The van der Waals surface area contributed by atoms with Crippen LogP contribution in [-0.4, -0.2) is 128 Å². The first-order chi connectivity index (χ1) is 27.8. The van der Waals surface area contributed by atoms with Crippen LogP contribution in [-0.2, 0) is 47.5 Å². The van der Waals surface area contributed by atoms with Crippen molar-refractivity contribution < 1.29 is 77.6 Å².